The zero-order valence-corrected chi connectivity index (χ0v) is 18.1. The molecule has 0 spiro atoms. The van der Waals surface area contributed by atoms with Crippen molar-refractivity contribution in [2.24, 2.45) is 0 Å². The Labute approximate surface area is 185 Å². The molecule has 0 N–H and O–H groups in total. The van der Waals surface area contributed by atoms with Gasteiger partial charge in [0.15, 0.2) is 5.82 Å². The standard InChI is InChI=1S/C24H24F3N3O2/c1-4-15-29(2)21-14-13-20(17-9-8-10-18(16-17)24(25,26)27)28-22(21)30(3)23(31)32-19-11-6-5-7-12-19/h5-14,16H,4,15H2,1-3H3. The quantitative estimate of drug-likeness (QED) is 0.452. The van der Waals surface area contributed by atoms with Crippen molar-refractivity contribution < 1.29 is 22.7 Å². The van der Waals surface area contributed by atoms with E-state index in [1.807, 2.05) is 18.9 Å². The van der Waals surface area contributed by atoms with E-state index in [0.717, 1.165) is 18.6 Å². The zero-order chi connectivity index (χ0) is 23.3. The molecule has 0 radical (unpaired) electrons. The molecule has 5 nitrogen and oxygen atoms in total. The average Bonchev–Trinajstić information content (AvgIpc) is 2.78. The van der Waals surface area contributed by atoms with Gasteiger partial charge in [-0.15, -0.1) is 0 Å². The summed E-state index contributed by atoms with van der Waals surface area (Å²) in [4.78, 5) is 20.5. The van der Waals surface area contributed by atoms with Crippen LogP contribution in [-0.2, 0) is 6.18 Å². The number of aromatic nitrogens is 1. The third-order valence-corrected chi connectivity index (χ3v) is 4.85. The number of amides is 1. The molecule has 3 rings (SSSR count). The maximum atomic E-state index is 13.2. The van der Waals surface area contributed by atoms with Gasteiger partial charge < -0.3 is 9.64 Å². The SMILES string of the molecule is CCCN(C)c1ccc(-c2cccc(C(F)(F)F)c2)nc1N(C)C(=O)Oc1ccccc1. The minimum atomic E-state index is -4.46. The Hall–Kier alpha value is -3.55. The van der Waals surface area contributed by atoms with E-state index >= 15 is 0 Å². The molecular weight excluding hydrogens is 419 g/mol. The van der Waals surface area contributed by atoms with Crippen LogP contribution in [0.2, 0.25) is 0 Å². The minimum Gasteiger partial charge on any atom is -0.410 e. The van der Waals surface area contributed by atoms with Crippen molar-refractivity contribution in [3.8, 4) is 17.0 Å². The second kappa shape index (κ2) is 9.72. The highest BCUT2D eigenvalue weighted by Gasteiger charge is 2.30. The molecule has 1 heterocycles. The van der Waals surface area contributed by atoms with Crippen molar-refractivity contribution in [2.75, 3.05) is 30.4 Å². The van der Waals surface area contributed by atoms with Gasteiger partial charge in [-0.2, -0.15) is 13.2 Å². The van der Waals surface area contributed by atoms with Gasteiger partial charge in [0.1, 0.15) is 5.75 Å². The molecule has 0 saturated heterocycles. The normalized spacial score (nSPS) is 11.2. The molecule has 1 amide bonds. The number of hydrogen-bond acceptors (Lipinski definition) is 4. The molecule has 168 valence electrons. The van der Waals surface area contributed by atoms with Crippen LogP contribution in [0.5, 0.6) is 5.75 Å². The molecule has 0 aliphatic heterocycles. The number of benzene rings is 2. The molecule has 1 aromatic heterocycles. The van der Waals surface area contributed by atoms with Crippen LogP contribution in [-0.4, -0.2) is 31.7 Å². The Bertz CT molecular complexity index is 1070. The molecule has 0 aliphatic carbocycles. The predicted octanol–water partition coefficient (Wildman–Crippen LogP) is 6.25. The highest BCUT2D eigenvalue weighted by Crippen LogP contribution is 2.34. The summed E-state index contributed by atoms with van der Waals surface area (Å²) < 4.78 is 44.9. The molecule has 0 aliphatic rings. The van der Waals surface area contributed by atoms with E-state index < -0.39 is 17.8 Å². The summed E-state index contributed by atoms with van der Waals surface area (Å²) in [6.07, 6.45) is -4.25. The summed E-state index contributed by atoms with van der Waals surface area (Å²) in [6, 6.07) is 17.0. The average molecular weight is 443 g/mol. The van der Waals surface area contributed by atoms with Gasteiger partial charge in [0.25, 0.3) is 0 Å². The molecule has 3 aromatic rings. The summed E-state index contributed by atoms with van der Waals surface area (Å²) in [5.41, 5.74) is 0.521. The number of anilines is 2. The lowest BCUT2D eigenvalue weighted by Gasteiger charge is -2.26. The number of nitrogens with zero attached hydrogens (tertiary/aromatic N) is 3. The van der Waals surface area contributed by atoms with Crippen LogP contribution in [0.15, 0.2) is 66.7 Å². The Balaban J connectivity index is 2.01. The second-order valence-corrected chi connectivity index (χ2v) is 7.28. The van der Waals surface area contributed by atoms with Gasteiger partial charge in [-0.25, -0.2) is 9.78 Å². The number of carbonyl (C=O) groups is 1. The Morgan fingerprint density at radius 2 is 1.72 bits per heavy atom. The van der Waals surface area contributed by atoms with E-state index in [1.165, 1.54) is 18.0 Å². The number of carbonyl (C=O) groups excluding carboxylic acids is 1. The van der Waals surface area contributed by atoms with Gasteiger partial charge in [-0.05, 0) is 42.8 Å². The van der Waals surface area contributed by atoms with Crippen LogP contribution < -0.4 is 14.5 Å². The van der Waals surface area contributed by atoms with E-state index in [-0.39, 0.29) is 5.82 Å². The highest BCUT2D eigenvalue weighted by molar-refractivity contribution is 5.92. The Kier molecular flexibility index (Phi) is 7.02. The van der Waals surface area contributed by atoms with Gasteiger partial charge in [0.2, 0.25) is 0 Å². The predicted molar refractivity (Wildman–Crippen MR) is 119 cm³/mol. The fourth-order valence-corrected chi connectivity index (χ4v) is 3.20. The number of ether oxygens (including phenoxy) is 1. The van der Waals surface area contributed by atoms with Crippen molar-refractivity contribution in [1.82, 2.24) is 4.98 Å². The summed E-state index contributed by atoms with van der Waals surface area (Å²) in [6.45, 7) is 2.73. The monoisotopic (exact) mass is 443 g/mol. The second-order valence-electron chi connectivity index (χ2n) is 7.28. The topological polar surface area (TPSA) is 45.7 Å². The van der Waals surface area contributed by atoms with E-state index in [1.54, 1.807) is 48.5 Å². The molecule has 0 unspecified atom stereocenters. The number of para-hydroxylation sites is 1. The van der Waals surface area contributed by atoms with Gasteiger partial charge in [-0.3, -0.25) is 4.90 Å². The van der Waals surface area contributed by atoms with Crippen molar-refractivity contribution in [1.29, 1.82) is 0 Å². The Morgan fingerprint density at radius 3 is 2.38 bits per heavy atom. The fourth-order valence-electron chi connectivity index (χ4n) is 3.20. The first kappa shape index (κ1) is 23.1. The fraction of sp³-hybridized carbons (Fsp3) is 0.250. The summed E-state index contributed by atoms with van der Waals surface area (Å²) in [7, 11) is 3.39. The van der Waals surface area contributed by atoms with Crippen molar-refractivity contribution in [3.05, 3.63) is 72.3 Å². The maximum Gasteiger partial charge on any atom is 0.420 e. The lowest BCUT2D eigenvalue weighted by Crippen LogP contribution is -2.32. The van der Waals surface area contributed by atoms with Crippen LogP contribution in [0.25, 0.3) is 11.3 Å². The molecule has 0 fully saturated rings. The first-order valence-corrected chi connectivity index (χ1v) is 10.1. The van der Waals surface area contributed by atoms with Crippen LogP contribution in [0.1, 0.15) is 18.9 Å². The lowest BCUT2D eigenvalue weighted by atomic mass is 10.1. The molecule has 2 aromatic carbocycles. The number of hydrogen-bond donors (Lipinski definition) is 0. The van der Waals surface area contributed by atoms with E-state index in [9.17, 15) is 18.0 Å². The molecule has 32 heavy (non-hydrogen) atoms. The summed E-state index contributed by atoms with van der Waals surface area (Å²) >= 11 is 0. The van der Waals surface area contributed by atoms with Crippen LogP contribution in [0, 0.1) is 0 Å². The largest absolute Gasteiger partial charge is 0.420 e. The van der Waals surface area contributed by atoms with Gasteiger partial charge in [-0.1, -0.05) is 37.3 Å². The van der Waals surface area contributed by atoms with E-state index in [2.05, 4.69) is 4.98 Å². The third-order valence-electron chi connectivity index (χ3n) is 4.85. The van der Waals surface area contributed by atoms with Gasteiger partial charge in [0.05, 0.1) is 16.9 Å². The van der Waals surface area contributed by atoms with Crippen LogP contribution in [0.3, 0.4) is 0 Å². The van der Waals surface area contributed by atoms with Crippen LogP contribution >= 0.6 is 0 Å². The van der Waals surface area contributed by atoms with E-state index in [0.29, 0.717) is 29.2 Å². The number of rotatable bonds is 6. The molecule has 8 heteroatoms. The highest BCUT2D eigenvalue weighted by atomic mass is 19.4. The van der Waals surface area contributed by atoms with Gasteiger partial charge in [0, 0.05) is 26.2 Å². The molecule has 0 saturated carbocycles. The summed E-state index contributed by atoms with van der Waals surface area (Å²) in [5.74, 6) is 0.665. The van der Waals surface area contributed by atoms with Crippen molar-refractivity contribution in [2.45, 2.75) is 19.5 Å². The van der Waals surface area contributed by atoms with Crippen molar-refractivity contribution >= 4 is 17.6 Å². The zero-order valence-electron chi connectivity index (χ0n) is 18.1. The maximum absolute atomic E-state index is 13.2. The minimum absolute atomic E-state index is 0.289. The number of pyridine rings is 1. The third kappa shape index (κ3) is 5.38. The molecular formula is C24H24F3N3O2. The lowest BCUT2D eigenvalue weighted by molar-refractivity contribution is -0.137. The van der Waals surface area contributed by atoms with E-state index in [4.69, 9.17) is 4.74 Å². The molecule has 0 bridgehead atoms. The van der Waals surface area contributed by atoms with Gasteiger partial charge >= 0.3 is 12.3 Å². The van der Waals surface area contributed by atoms with Crippen molar-refractivity contribution in [3.63, 3.8) is 0 Å². The first-order chi connectivity index (χ1) is 15.2. The first-order valence-electron chi connectivity index (χ1n) is 10.1. The smallest absolute Gasteiger partial charge is 0.410 e. The Morgan fingerprint density at radius 1 is 1.00 bits per heavy atom. The summed E-state index contributed by atoms with van der Waals surface area (Å²) in [5, 5.41) is 0. The number of halogens is 3. The molecule has 0 atom stereocenters. The van der Waals surface area contributed by atoms with Crippen LogP contribution in [0.4, 0.5) is 29.5 Å². The number of alkyl halides is 3.